The Morgan fingerprint density at radius 1 is 0.935 bits per heavy atom. The summed E-state index contributed by atoms with van der Waals surface area (Å²) in [6.07, 6.45) is 0.369. The summed E-state index contributed by atoms with van der Waals surface area (Å²) >= 11 is 2.10. The van der Waals surface area contributed by atoms with Gasteiger partial charge in [-0.25, -0.2) is 0 Å². The SMILES string of the molecule is CC1(C)O[C@H]2[C@H](O[Si](c3ccccc3)(c3ccccc3)C(C)(C)C)C(=O)C(I)=C[C@H]2O1. The van der Waals surface area contributed by atoms with Crippen molar-refractivity contribution in [1.29, 1.82) is 0 Å². The van der Waals surface area contributed by atoms with E-state index in [9.17, 15) is 4.79 Å². The van der Waals surface area contributed by atoms with Crippen LogP contribution in [0.3, 0.4) is 0 Å². The Labute approximate surface area is 199 Å². The van der Waals surface area contributed by atoms with E-state index >= 15 is 0 Å². The highest BCUT2D eigenvalue weighted by Crippen LogP contribution is 2.42. The number of carbonyl (C=O) groups is 1. The van der Waals surface area contributed by atoms with E-state index in [1.807, 2.05) is 56.3 Å². The van der Waals surface area contributed by atoms with Crippen LogP contribution in [0, 0.1) is 0 Å². The van der Waals surface area contributed by atoms with Crippen LogP contribution in [0.15, 0.2) is 70.3 Å². The number of halogens is 1. The standard InChI is InChI=1S/C25H29IO4Si/c1-24(2,3)31(17-12-8-6-9-13-17,18-14-10-7-11-15-18)30-23-21(27)19(26)16-20-22(23)29-25(4,5)28-20/h6-16,20,22-23H,1-5H3/t20-,22-,23-/m1/s1. The predicted molar refractivity (Wildman–Crippen MR) is 133 cm³/mol. The Hall–Kier alpha value is -1.32. The third-order valence-electron chi connectivity index (χ3n) is 5.99. The minimum Gasteiger partial charge on any atom is -0.394 e. The number of carbonyl (C=O) groups excluding carboxylic acids is 1. The first-order chi connectivity index (χ1) is 14.6. The first kappa shape index (κ1) is 22.9. The summed E-state index contributed by atoms with van der Waals surface area (Å²) in [4.78, 5) is 13.4. The van der Waals surface area contributed by atoms with Gasteiger partial charge in [0.1, 0.15) is 18.3 Å². The van der Waals surface area contributed by atoms with E-state index in [-0.39, 0.29) is 16.9 Å². The summed E-state index contributed by atoms with van der Waals surface area (Å²) < 4.78 is 20.1. The van der Waals surface area contributed by atoms with Crippen molar-refractivity contribution >= 4 is 47.1 Å². The van der Waals surface area contributed by atoms with Crippen LogP contribution in [0.2, 0.25) is 5.04 Å². The van der Waals surface area contributed by atoms with Crippen molar-refractivity contribution < 1.29 is 18.7 Å². The third-order valence-corrected chi connectivity index (χ3v) is 11.9. The number of hydrogen-bond donors (Lipinski definition) is 0. The van der Waals surface area contributed by atoms with Crippen LogP contribution in [0.25, 0.3) is 0 Å². The van der Waals surface area contributed by atoms with Gasteiger partial charge in [-0.2, -0.15) is 0 Å². The average molecular weight is 548 g/mol. The second-order valence-corrected chi connectivity index (χ2v) is 15.1. The molecule has 164 valence electrons. The first-order valence-electron chi connectivity index (χ1n) is 10.6. The minimum atomic E-state index is -2.90. The molecule has 0 radical (unpaired) electrons. The van der Waals surface area contributed by atoms with Crippen LogP contribution in [-0.4, -0.2) is 38.2 Å². The Morgan fingerprint density at radius 2 is 1.45 bits per heavy atom. The summed E-state index contributed by atoms with van der Waals surface area (Å²) in [6, 6.07) is 20.7. The molecule has 31 heavy (non-hydrogen) atoms. The summed E-state index contributed by atoms with van der Waals surface area (Å²) in [5.41, 5.74) is 0. The van der Waals surface area contributed by atoms with Gasteiger partial charge >= 0.3 is 0 Å². The van der Waals surface area contributed by atoms with E-state index < -0.39 is 26.3 Å². The molecule has 2 aromatic rings. The lowest BCUT2D eigenvalue weighted by Gasteiger charge is -2.46. The van der Waals surface area contributed by atoms with Crippen LogP contribution in [0.5, 0.6) is 0 Å². The number of benzene rings is 2. The lowest BCUT2D eigenvalue weighted by molar-refractivity contribution is -0.155. The fourth-order valence-electron chi connectivity index (χ4n) is 4.69. The molecule has 0 bridgehead atoms. The van der Waals surface area contributed by atoms with Gasteiger partial charge in [0.05, 0.1) is 3.58 Å². The largest absolute Gasteiger partial charge is 0.394 e. The lowest BCUT2D eigenvalue weighted by atomic mass is 9.98. The molecule has 1 heterocycles. The molecule has 0 saturated carbocycles. The number of ketones is 1. The maximum Gasteiger partial charge on any atom is 0.262 e. The molecule has 0 aromatic heterocycles. The highest BCUT2D eigenvalue weighted by Gasteiger charge is 2.57. The van der Waals surface area contributed by atoms with Crippen molar-refractivity contribution in [3.05, 3.63) is 70.3 Å². The topological polar surface area (TPSA) is 44.8 Å². The Morgan fingerprint density at radius 3 is 1.94 bits per heavy atom. The van der Waals surface area contributed by atoms with Crippen LogP contribution >= 0.6 is 22.6 Å². The summed E-state index contributed by atoms with van der Waals surface area (Å²) in [6.45, 7) is 10.4. The number of Topliss-reactive ketones (excluding diaryl/α,β-unsaturated/α-hetero) is 1. The molecule has 0 amide bonds. The van der Waals surface area contributed by atoms with Gasteiger partial charge in [-0.1, -0.05) is 81.4 Å². The molecule has 1 saturated heterocycles. The van der Waals surface area contributed by atoms with E-state index in [2.05, 4.69) is 67.6 Å². The summed E-state index contributed by atoms with van der Waals surface area (Å²) in [5, 5.41) is 2.05. The number of fused-ring (bicyclic) bond motifs is 1. The molecule has 3 atom stereocenters. The van der Waals surface area contributed by atoms with Crippen LogP contribution < -0.4 is 10.4 Å². The van der Waals surface area contributed by atoms with Gasteiger partial charge in [-0.05, 0) is 57.9 Å². The molecule has 2 aliphatic rings. The Bertz CT molecular complexity index is 942. The van der Waals surface area contributed by atoms with Gasteiger partial charge < -0.3 is 13.9 Å². The van der Waals surface area contributed by atoms with Crippen LogP contribution in [-0.2, 0) is 18.7 Å². The lowest BCUT2D eigenvalue weighted by Crippen LogP contribution is -2.69. The van der Waals surface area contributed by atoms with Crippen molar-refractivity contribution in [2.24, 2.45) is 0 Å². The number of rotatable bonds is 4. The maximum atomic E-state index is 13.4. The normalized spacial score (nSPS) is 25.8. The van der Waals surface area contributed by atoms with Gasteiger partial charge in [0.25, 0.3) is 8.32 Å². The van der Waals surface area contributed by atoms with E-state index in [1.54, 1.807) is 0 Å². The zero-order chi connectivity index (χ0) is 22.4. The molecule has 0 N–H and O–H groups in total. The molecular weight excluding hydrogens is 519 g/mol. The van der Waals surface area contributed by atoms with E-state index in [1.165, 1.54) is 0 Å². The van der Waals surface area contributed by atoms with Crippen molar-refractivity contribution in [2.75, 3.05) is 0 Å². The molecule has 1 fully saturated rings. The Balaban J connectivity index is 1.89. The molecule has 0 unspecified atom stereocenters. The highest BCUT2D eigenvalue weighted by atomic mass is 127. The highest BCUT2D eigenvalue weighted by molar-refractivity contribution is 14.1. The molecule has 4 rings (SSSR count). The third kappa shape index (κ3) is 4.09. The fourth-order valence-corrected chi connectivity index (χ4v) is 9.99. The molecule has 2 aromatic carbocycles. The summed E-state index contributed by atoms with van der Waals surface area (Å²) in [5.74, 6) is -0.795. The van der Waals surface area contributed by atoms with Crippen LogP contribution in [0.1, 0.15) is 34.6 Å². The fraction of sp³-hybridized carbons (Fsp3) is 0.400. The molecule has 6 heteroatoms. The van der Waals surface area contributed by atoms with Crippen molar-refractivity contribution in [3.63, 3.8) is 0 Å². The molecule has 0 spiro atoms. The summed E-state index contributed by atoms with van der Waals surface area (Å²) in [7, 11) is -2.90. The predicted octanol–water partition coefficient (Wildman–Crippen LogP) is 4.35. The second-order valence-electron chi connectivity index (χ2n) is 9.65. The van der Waals surface area contributed by atoms with E-state index in [0.717, 1.165) is 10.4 Å². The van der Waals surface area contributed by atoms with Crippen LogP contribution in [0.4, 0.5) is 0 Å². The van der Waals surface area contributed by atoms with E-state index in [0.29, 0.717) is 3.58 Å². The van der Waals surface area contributed by atoms with Gasteiger partial charge in [0.2, 0.25) is 0 Å². The monoisotopic (exact) mass is 548 g/mol. The van der Waals surface area contributed by atoms with Gasteiger partial charge in [0, 0.05) is 0 Å². The quantitative estimate of drug-likeness (QED) is 0.421. The van der Waals surface area contributed by atoms with Gasteiger partial charge in [0.15, 0.2) is 11.6 Å². The smallest absolute Gasteiger partial charge is 0.262 e. The molecule has 1 aliphatic carbocycles. The Kier molecular flexibility index (Phi) is 6.06. The molecule has 1 aliphatic heterocycles. The van der Waals surface area contributed by atoms with E-state index in [4.69, 9.17) is 13.9 Å². The first-order valence-corrected chi connectivity index (χ1v) is 13.6. The zero-order valence-electron chi connectivity index (χ0n) is 18.6. The van der Waals surface area contributed by atoms with Crippen molar-refractivity contribution in [1.82, 2.24) is 0 Å². The minimum absolute atomic E-state index is 0.0314. The van der Waals surface area contributed by atoms with Crippen molar-refractivity contribution in [2.45, 2.75) is 63.8 Å². The number of hydrogen-bond acceptors (Lipinski definition) is 4. The zero-order valence-corrected chi connectivity index (χ0v) is 21.8. The maximum absolute atomic E-state index is 13.4. The second kappa shape index (κ2) is 8.23. The van der Waals surface area contributed by atoms with Crippen molar-refractivity contribution in [3.8, 4) is 0 Å². The average Bonchev–Trinajstić information content (AvgIpc) is 3.02. The molecular formula is C25H29IO4Si. The number of ether oxygens (including phenoxy) is 2. The molecule has 4 nitrogen and oxygen atoms in total. The van der Waals surface area contributed by atoms with Gasteiger partial charge in [-0.15, -0.1) is 0 Å². The van der Waals surface area contributed by atoms with Gasteiger partial charge in [-0.3, -0.25) is 4.79 Å².